The predicted octanol–water partition coefficient (Wildman–Crippen LogP) is 3.65. The molecule has 0 bridgehead atoms. The zero-order chi connectivity index (χ0) is 19.7. The summed E-state index contributed by atoms with van der Waals surface area (Å²) in [5.74, 6) is -0.366. The number of carbonyl (C=O) groups excluding carboxylic acids is 3. The van der Waals surface area contributed by atoms with E-state index in [1.165, 1.54) is 4.90 Å². The van der Waals surface area contributed by atoms with Gasteiger partial charge >= 0.3 is 0 Å². The third-order valence-electron chi connectivity index (χ3n) is 5.43. The Balaban J connectivity index is 1.44. The summed E-state index contributed by atoms with van der Waals surface area (Å²) in [5.41, 5.74) is 1.14. The fraction of sp³-hybridized carbons (Fsp3) is 0.261. The van der Waals surface area contributed by atoms with E-state index in [1.54, 1.807) is 48.5 Å². The first-order valence-corrected chi connectivity index (χ1v) is 9.42. The number of fused-ring (bicyclic) bond motifs is 1. The van der Waals surface area contributed by atoms with E-state index in [0.29, 0.717) is 23.4 Å². The monoisotopic (exact) mass is 375 g/mol. The number of carbonyl (C=O) groups is 3. The summed E-state index contributed by atoms with van der Waals surface area (Å²) in [6.07, 6.45) is 4.61. The van der Waals surface area contributed by atoms with Gasteiger partial charge in [0, 0.05) is 5.56 Å². The number of rotatable bonds is 5. The van der Waals surface area contributed by atoms with Crippen molar-refractivity contribution >= 4 is 23.3 Å². The number of amides is 2. The predicted molar refractivity (Wildman–Crippen MR) is 105 cm³/mol. The van der Waals surface area contributed by atoms with Crippen LogP contribution >= 0.6 is 0 Å². The smallest absolute Gasteiger partial charge is 0.238 e. The van der Waals surface area contributed by atoms with Gasteiger partial charge in [-0.1, -0.05) is 49.4 Å². The first-order chi connectivity index (χ1) is 13.6. The normalized spacial score (nSPS) is 23.6. The molecule has 0 unspecified atom stereocenters. The van der Waals surface area contributed by atoms with Gasteiger partial charge in [-0.3, -0.25) is 19.3 Å². The van der Waals surface area contributed by atoms with E-state index in [0.717, 1.165) is 0 Å². The van der Waals surface area contributed by atoms with Crippen LogP contribution in [0.5, 0.6) is 5.75 Å². The van der Waals surface area contributed by atoms with Crippen LogP contribution in [0.4, 0.5) is 5.69 Å². The summed E-state index contributed by atoms with van der Waals surface area (Å²) in [6, 6.07) is 15.7. The number of hydrogen-bond acceptors (Lipinski definition) is 4. The lowest BCUT2D eigenvalue weighted by Gasteiger charge is -2.22. The van der Waals surface area contributed by atoms with Gasteiger partial charge in [-0.2, -0.15) is 0 Å². The third kappa shape index (κ3) is 3.24. The molecule has 2 aliphatic rings. The first-order valence-electron chi connectivity index (χ1n) is 9.42. The van der Waals surface area contributed by atoms with Crippen LogP contribution < -0.4 is 9.64 Å². The zero-order valence-electron chi connectivity index (χ0n) is 15.6. The van der Waals surface area contributed by atoms with E-state index in [9.17, 15) is 14.4 Å². The SMILES string of the molecule is C[C@@H]1C=CC[C@@H]2C(=O)N(c3ccc(OCC(=O)c4ccccc4)cc3)C(=O)[C@H]12. The van der Waals surface area contributed by atoms with Crippen LogP contribution in [0, 0.1) is 17.8 Å². The van der Waals surface area contributed by atoms with Gasteiger partial charge in [0.2, 0.25) is 11.8 Å². The van der Waals surface area contributed by atoms with Crippen molar-refractivity contribution in [3.63, 3.8) is 0 Å². The molecule has 0 spiro atoms. The number of ether oxygens (including phenoxy) is 1. The molecule has 5 heteroatoms. The van der Waals surface area contributed by atoms with Gasteiger partial charge in [0.15, 0.2) is 12.4 Å². The van der Waals surface area contributed by atoms with E-state index in [2.05, 4.69) is 0 Å². The number of allylic oxidation sites excluding steroid dienone is 2. The second-order valence-electron chi connectivity index (χ2n) is 7.24. The van der Waals surface area contributed by atoms with Crippen LogP contribution in [0.2, 0.25) is 0 Å². The maximum absolute atomic E-state index is 12.8. The van der Waals surface area contributed by atoms with Crippen molar-refractivity contribution in [2.75, 3.05) is 11.5 Å². The van der Waals surface area contributed by atoms with Crippen molar-refractivity contribution in [1.82, 2.24) is 0 Å². The molecule has 0 aromatic heterocycles. The zero-order valence-corrected chi connectivity index (χ0v) is 15.6. The van der Waals surface area contributed by atoms with Crippen LogP contribution in [0.3, 0.4) is 0 Å². The fourth-order valence-corrected chi connectivity index (χ4v) is 3.95. The Bertz CT molecular complexity index is 933. The molecule has 0 saturated carbocycles. The topological polar surface area (TPSA) is 63.7 Å². The molecule has 1 aliphatic carbocycles. The van der Waals surface area contributed by atoms with E-state index in [-0.39, 0.29) is 42.0 Å². The lowest BCUT2D eigenvalue weighted by molar-refractivity contribution is -0.122. The Kier molecular flexibility index (Phi) is 4.82. The standard InChI is InChI=1S/C23H21NO4/c1-15-6-5-9-19-21(15)23(27)24(22(19)26)17-10-12-18(13-11-17)28-14-20(25)16-7-3-2-4-8-16/h2-8,10-13,15,19,21H,9,14H2,1H3/t15-,19+,21-/m1/s1. The molecule has 1 fully saturated rings. The number of ketones is 1. The minimum Gasteiger partial charge on any atom is -0.485 e. The van der Waals surface area contributed by atoms with Crippen molar-refractivity contribution in [2.24, 2.45) is 17.8 Å². The summed E-state index contributed by atoms with van der Waals surface area (Å²) in [6.45, 7) is 1.90. The largest absolute Gasteiger partial charge is 0.485 e. The Hall–Kier alpha value is -3.21. The molecule has 2 aromatic carbocycles. The summed E-state index contributed by atoms with van der Waals surface area (Å²) in [5, 5.41) is 0. The van der Waals surface area contributed by atoms with Crippen LogP contribution in [0.1, 0.15) is 23.7 Å². The number of hydrogen-bond donors (Lipinski definition) is 0. The van der Waals surface area contributed by atoms with Crippen molar-refractivity contribution < 1.29 is 19.1 Å². The van der Waals surface area contributed by atoms with Crippen molar-refractivity contribution in [2.45, 2.75) is 13.3 Å². The van der Waals surface area contributed by atoms with Crippen molar-refractivity contribution in [3.8, 4) is 5.75 Å². The molecule has 0 radical (unpaired) electrons. The third-order valence-corrected chi connectivity index (χ3v) is 5.43. The van der Waals surface area contributed by atoms with Crippen molar-refractivity contribution in [3.05, 3.63) is 72.3 Å². The molecular weight excluding hydrogens is 354 g/mol. The first kappa shape index (κ1) is 18.2. The van der Waals surface area contributed by atoms with Crippen LogP contribution in [-0.4, -0.2) is 24.2 Å². The van der Waals surface area contributed by atoms with Crippen LogP contribution in [0.15, 0.2) is 66.7 Å². The lowest BCUT2D eigenvalue weighted by atomic mass is 9.78. The maximum Gasteiger partial charge on any atom is 0.238 e. The second kappa shape index (κ2) is 7.43. The molecule has 142 valence electrons. The van der Waals surface area contributed by atoms with E-state index < -0.39 is 0 Å². The second-order valence-corrected chi connectivity index (χ2v) is 7.24. The minimum atomic E-state index is -0.281. The van der Waals surface area contributed by atoms with Crippen molar-refractivity contribution in [1.29, 1.82) is 0 Å². The van der Waals surface area contributed by atoms with E-state index in [4.69, 9.17) is 4.74 Å². The molecule has 2 aromatic rings. The number of anilines is 1. The number of imide groups is 1. The Morgan fingerprint density at radius 2 is 1.75 bits per heavy atom. The molecule has 3 atom stereocenters. The van der Waals surface area contributed by atoms with Crippen LogP contribution in [-0.2, 0) is 9.59 Å². The highest BCUT2D eigenvalue weighted by molar-refractivity contribution is 6.22. The summed E-state index contributed by atoms with van der Waals surface area (Å²) >= 11 is 0. The Morgan fingerprint density at radius 1 is 1.04 bits per heavy atom. The molecule has 1 aliphatic heterocycles. The van der Waals surface area contributed by atoms with Gasteiger partial charge in [0.05, 0.1) is 17.5 Å². The lowest BCUT2D eigenvalue weighted by Crippen LogP contribution is -2.31. The van der Waals surface area contributed by atoms with E-state index >= 15 is 0 Å². The molecular formula is C23H21NO4. The Morgan fingerprint density at radius 3 is 2.43 bits per heavy atom. The molecule has 1 saturated heterocycles. The summed E-state index contributed by atoms with van der Waals surface area (Å²) in [4.78, 5) is 39.0. The van der Waals surface area contributed by atoms with Crippen LogP contribution in [0.25, 0.3) is 0 Å². The quantitative estimate of drug-likeness (QED) is 0.455. The average Bonchev–Trinajstić information content (AvgIpc) is 2.98. The number of nitrogens with zero attached hydrogens (tertiary/aromatic N) is 1. The highest BCUT2D eigenvalue weighted by atomic mass is 16.5. The highest BCUT2D eigenvalue weighted by Gasteiger charge is 2.50. The van der Waals surface area contributed by atoms with Gasteiger partial charge < -0.3 is 4.74 Å². The molecule has 0 N–H and O–H groups in total. The maximum atomic E-state index is 12.8. The Labute approximate surface area is 163 Å². The van der Waals surface area contributed by atoms with E-state index in [1.807, 2.05) is 25.1 Å². The van der Waals surface area contributed by atoms with Gasteiger partial charge in [-0.15, -0.1) is 0 Å². The number of benzene rings is 2. The van der Waals surface area contributed by atoms with Gasteiger partial charge in [-0.05, 0) is 36.6 Å². The molecule has 2 amide bonds. The molecule has 1 heterocycles. The summed E-state index contributed by atoms with van der Waals surface area (Å²) in [7, 11) is 0. The fourth-order valence-electron chi connectivity index (χ4n) is 3.95. The van der Waals surface area contributed by atoms with Gasteiger partial charge in [-0.25, -0.2) is 0 Å². The average molecular weight is 375 g/mol. The van der Waals surface area contributed by atoms with Gasteiger partial charge in [0.25, 0.3) is 0 Å². The minimum absolute atomic E-state index is 0.0619. The van der Waals surface area contributed by atoms with Gasteiger partial charge in [0.1, 0.15) is 5.75 Å². The molecule has 28 heavy (non-hydrogen) atoms. The highest BCUT2D eigenvalue weighted by Crippen LogP contribution is 2.40. The summed E-state index contributed by atoms with van der Waals surface area (Å²) < 4.78 is 5.56. The molecule has 4 rings (SSSR count). The number of Topliss-reactive ketones (excluding diaryl/α,β-unsaturated/α-hetero) is 1. The molecule has 5 nitrogen and oxygen atoms in total.